The number of esters is 2. The molecule has 0 spiro atoms. The summed E-state index contributed by atoms with van der Waals surface area (Å²) in [5.41, 5.74) is 0. The molecule has 0 saturated heterocycles. The fourth-order valence-corrected chi connectivity index (χ4v) is 4.42. The van der Waals surface area contributed by atoms with E-state index in [1.165, 1.54) is 12.8 Å². The molecule has 0 amide bonds. The van der Waals surface area contributed by atoms with Crippen LogP contribution in [0.1, 0.15) is 117 Å². The standard InChI is InChI=1S/C35H61NO7/c1-6-8-10-12-14-15-16-17-18-20-21-23-25-33(37)42-30-31(29-41-28-27-32(35(39)40)36(3,4)5)43-34(38)26-24-22-19-13-11-9-7-2/h8,10,14-15,19,22,31-32H,6-7,9,11-13,16-18,20-21,23-30H2,1-5H3/b10-8+,15-14+,22-19+. The first-order chi connectivity index (χ1) is 20.6. The number of carboxylic acids is 1. The second-order valence-electron chi connectivity index (χ2n) is 12.0. The highest BCUT2D eigenvalue weighted by Gasteiger charge is 2.25. The minimum atomic E-state index is -1.14. The smallest absolute Gasteiger partial charge is 0.306 e. The first-order valence-corrected chi connectivity index (χ1v) is 16.5. The van der Waals surface area contributed by atoms with Crippen LogP contribution in [0, 0.1) is 0 Å². The van der Waals surface area contributed by atoms with Gasteiger partial charge < -0.3 is 28.6 Å². The van der Waals surface area contributed by atoms with Gasteiger partial charge in [-0.2, -0.15) is 0 Å². The third kappa shape index (κ3) is 25.7. The minimum Gasteiger partial charge on any atom is -0.544 e. The number of allylic oxidation sites excluding steroid dienone is 6. The van der Waals surface area contributed by atoms with Crippen LogP contribution in [0.2, 0.25) is 0 Å². The predicted molar refractivity (Wildman–Crippen MR) is 171 cm³/mol. The molecule has 0 bridgehead atoms. The second kappa shape index (κ2) is 27.1. The zero-order chi connectivity index (χ0) is 32.2. The van der Waals surface area contributed by atoms with E-state index in [2.05, 4.69) is 44.2 Å². The number of rotatable bonds is 28. The number of carbonyl (C=O) groups is 3. The molecule has 2 atom stereocenters. The molecule has 0 saturated carbocycles. The fraction of sp³-hybridized carbons (Fsp3) is 0.743. The lowest BCUT2D eigenvalue weighted by Gasteiger charge is -2.34. The van der Waals surface area contributed by atoms with Gasteiger partial charge in [-0.25, -0.2) is 0 Å². The molecule has 0 aliphatic rings. The first kappa shape index (κ1) is 40.5. The average Bonchev–Trinajstić information content (AvgIpc) is 2.94. The van der Waals surface area contributed by atoms with Crippen LogP contribution in [0.3, 0.4) is 0 Å². The molecule has 0 aromatic rings. The van der Waals surface area contributed by atoms with Gasteiger partial charge in [-0.3, -0.25) is 9.59 Å². The molecule has 43 heavy (non-hydrogen) atoms. The van der Waals surface area contributed by atoms with Gasteiger partial charge in [0.2, 0.25) is 0 Å². The van der Waals surface area contributed by atoms with E-state index >= 15 is 0 Å². The summed E-state index contributed by atoms with van der Waals surface area (Å²) in [7, 11) is 5.36. The predicted octanol–water partition coefficient (Wildman–Crippen LogP) is 6.23. The van der Waals surface area contributed by atoms with Gasteiger partial charge in [0, 0.05) is 19.3 Å². The molecule has 0 N–H and O–H groups in total. The van der Waals surface area contributed by atoms with Crippen molar-refractivity contribution < 1.29 is 38.2 Å². The Morgan fingerprint density at radius 2 is 1.35 bits per heavy atom. The Bertz CT molecular complexity index is 813. The summed E-state index contributed by atoms with van der Waals surface area (Å²) in [6.07, 6.45) is 26.3. The number of hydrogen-bond donors (Lipinski definition) is 0. The van der Waals surface area contributed by atoms with Gasteiger partial charge in [-0.05, 0) is 51.4 Å². The van der Waals surface area contributed by atoms with Crippen molar-refractivity contribution in [1.82, 2.24) is 0 Å². The van der Waals surface area contributed by atoms with E-state index in [1.54, 1.807) is 21.1 Å². The Kier molecular flexibility index (Phi) is 25.6. The molecule has 2 unspecified atom stereocenters. The van der Waals surface area contributed by atoms with Crippen LogP contribution < -0.4 is 5.11 Å². The lowest BCUT2D eigenvalue weighted by molar-refractivity contribution is -0.889. The van der Waals surface area contributed by atoms with Gasteiger partial charge in [-0.1, -0.05) is 82.4 Å². The molecule has 248 valence electrons. The lowest BCUT2D eigenvalue weighted by atomic mass is 10.1. The number of unbranched alkanes of at least 4 members (excludes halogenated alkanes) is 8. The number of carbonyl (C=O) groups excluding carboxylic acids is 3. The van der Waals surface area contributed by atoms with Crippen LogP contribution in [0.15, 0.2) is 36.5 Å². The maximum atomic E-state index is 12.4. The molecule has 0 rings (SSSR count). The van der Waals surface area contributed by atoms with Crippen molar-refractivity contribution in [3.8, 4) is 0 Å². The van der Waals surface area contributed by atoms with Crippen LogP contribution in [-0.4, -0.2) is 75.5 Å². The highest BCUT2D eigenvalue weighted by atomic mass is 16.6. The second-order valence-corrected chi connectivity index (χ2v) is 12.0. The van der Waals surface area contributed by atoms with Gasteiger partial charge in [0.15, 0.2) is 6.10 Å². The third-order valence-corrected chi connectivity index (χ3v) is 7.02. The van der Waals surface area contributed by atoms with Gasteiger partial charge >= 0.3 is 11.9 Å². The van der Waals surface area contributed by atoms with Crippen molar-refractivity contribution in [2.45, 2.75) is 129 Å². The number of likely N-dealkylation sites (N-methyl/N-ethyl adjacent to an activating group) is 1. The SMILES string of the molecule is CC/C=C/C/C=C/CCCCCCCC(=O)OCC(COCCC(C(=O)[O-])[N+](C)(C)C)OC(=O)CC/C=C/CCCCC. The van der Waals surface area contributed by atoms with Crippen molar-refractivity contribution >= 4 is 17.9 Å². The topological polar surface area (TPSA) is 102 Å². The van der Waals surface area contributed by atoms with Gasteiger partial charge in [0.25, 0.3) is 0 Å². The zero-order valence-corrected chi connectivity index (χ0v) is 27.9. The minimum absolute atomic E-state index is 0.0200. The number of aliphatic carboxylic acids is 1. The molecule has 0 aliphatic heterocycles. The summed E-state index contributed by atoms with van der Waals surface area (Å²) in [5, 5.41) is 11.5. The molecule has 8 nitrogen and oxygen atoms in total. The maximum absolute atomic E-state index is 12.4. The number of quaternary nitrogens is 1. The number of ether oxygens (including phenoxy) is 3. The Morgan fingerprint density at radius 3 is 2.02 bits per heavy atom. The Hall–Kier alpha value is -2.45. The summed E-state index contributed by atoms with van der Waals surface area (Å²) in [6.45, 7) is 4.39. The zero-order valence-electron chi connectivity index (χ0n) is 27.9. The van der Waals surface area contributed by atoms with E-state index < -0.39 is 18.1 Å². The van der Waals surface area contributed by atoms with Gasteiger partial charge in [0.1, 0.15) is 12.6 Å². The normalized spacial score (nSPS) is 13.6. The molecule has 0 aromatic heterocycles. The van der Waals surface area contributed by atoms with E-state index in [0.717, 1.165) is 64.2 Å². The third-order valence-electron chi connectivity index (χ3n) is 7.02. The molecular weight excluding hydrogens is 546 g/mol. The van der Waals surface area contributed by atoms with Crippen molar-refractivity contribution in [3.05, 3.63) is 36.5 Å². The van der Waals surface area contributed by atoms with Crippen LogP contribution in [0.5, 0.6) is 0 Å². The molecule has 0 aromatic carbocycles. The van der Waals surface area contributed by atoms with E-state index in [4.69, 9.17) is 14.2 Å². The maximum Gasteiger partial charge on any atom is 0.306 e. The summed E-state index contributed by atoms with van der Waals surface area (Å²) in [5.74, 6) is -1.83. The fourth-order valence-electron chi connectivity index (χ4n) is 4.42. The van der Waals surface area contributed by atoms with Crippen molar-refractivity contribution in [2.75, 3.05) is 41.0 Å². The van der Waals surface area contributed by atoms with Crippen molar-refractivity contribution in [1.29, 1.82) is 0 Å². The molecule has 0 fully saturated rings. The van der Waals surface area contributed by atoms with Crippen molar-refractivity contribution in [3.63, 3.8) is 0 Å². The molecular formula is C35H61NO7. The monoisotopic (exact) mass is 607 g/mol. The van der Waals surface area contributed by atoms with Crippen LogP contribution in [0.25, 0.3) is 0 Å². The first-order valence-electron chi connectivity index (χ1n) is 16.5. The summed E-state index contributed by atoms with van der Waals surface area (Å²) in [6, 6.07) is -0.729. The lowest BCUT2D eigenvalue weighted by Crippen LogP contribution is -2.55. The van der Waals surface area contributed by atoms with Gasteiger partial charge in [0.05, 0.1) is 40.3 Å². The van der Waals surface area contributed by atoms with Crippen LogP contribution in [0.4, 0.5) is 0 Å². The molecule has 0 heterocycles. The van der Waals surface area contributed by atoms with E-state index in [0.29, 0.717) is 12.8 Å². The largest absolute Gasteiger partial charge is 0.544 e. The molecule has 0 radical (unpaired) electrons. The molecule has 8 heteroatoms. The van der Waals surface area contributed by atoms with E-state index in [-0.39, 0.29) is 49.1 Å². The number of hydrogen-bond acceptors (Lipinski definition) is 7. The highest BCUT2D eigenvalue weighted by Crippen LogP contribution is 2.11. The highest BCUT2D eigenvalue weighted by molar-refractivity contribution is 5.70. The van der Waals surface area contributed by atoms with Gasteiger partial charge in [-0.15, -0.1) is 0 Å². The van der Waals surface area contributed by atoms with Crippen LogP contribution >= 0.6 is 0 Å². The number of nitrogens with zero attached hydrogens (tertiary/aromatic N) is 1. The van der Waals surface area contributed by atoms with E-state index in [9.17, 15) is 19.5 Å². The van der Waals surface area contributed by atoms with Crippen LogP contribution in [-0.2, 0) is 28.6 Å². The quantitative estimate of drug-likeness (QED) is 0.0450. The Balaban J connectivity index is 4.51. The molecule has 0 aliphatic carbocycles. The summed E-state index contributed by atoms with van der Waals surface area (Å²) < 4.78 is 16.9. The summed E-state index contributed by atoms with van der Waals surface area (Å²) in [4.78, 5) is 36.3. The summed E-state index contributed by atoms with van der Waals surface area (Å²) >= 11 is 0. The van der Waals surface area contributed by atoms with Crippen molar-refractivity contribution in [2.24, 2.45) is 0 Å². The Morgan fingerprint density at radius 1 is 0.721 bits per heavy atom. The average molecular weight is 608 g/mol. The Labute approximate surface area is 262 Å². The van der Waals surface area contributed by atoms with E-state index in [1.807, 2.05) is 6.08 Å². The number of carboxylic acid groups (broad SMARTS) is 1.